The van der Waals surface area contributed by atoms with E-state index in [1.165, 1.54) is 0 Å². The van der Waals surface area contributed by atoms with E-state index >= 15 is 0 Å². The quantitative estimate of drug-likeness (QED) is 0.353. The first kappa shape index (κ1) is 20.0. The zero-order valence-electron chi connectivity index (χ0n) is 17.8. The molecule has 162 valence electrons. The Morgan fingerprint density at radius 2 is 1.88 bits per heavy atom. The van der Waals surface area contributed by atoms with Gasteiger partial charge in [0.25, 0.3) is 0 Å². The molecule has 32 heavy (non-hydrogen) atoms. The molecule has 4 aromatic rings. The largest absolute Gasteiger partial charge is 0.491 e. The number of carboxylic acids is 1. The van der Waals surface area contributed by atoms with Gasteiger partial charge < -0.3 is 20.5 Å². The van der Waals surface area contributed by atoms with Gasteiger partial charge in [0, 0.05) is 28.7 Å². The van der Waals surface area contributed by atoms with Gasteiger partial charge in [0.2, 0.25) is 5.95 Å². The molecule has 1 aliphatic carbocycles. The number of anilines is 3. The normalized spacial score (nSPS) is 13.5. The molecule has 0 unspecified atom stereocenters. The number of fused-ring (bicyclic) bond motifs is 3. The lowest BCUT2D eigenvalue weighted by atomic mass is 10.1. The smallest absolute Gasteiger partial charge is 0.335 e. The van der Waals surface area contributed by atoms with Crippen LogP contribution in [0, 0.1) is 0 Å². The summed E-state index contributed by atoms with van der Waals surface area (Å²) in [6.07, 6.45) is 4.03. The average Bonchev–Trinajstić information content (AvgIpc) is 3.58. The highest BCUT2D eigenvalue weighted by Crippen LogP contribution is 2.33. The van der Waals surface area contributed by atoms with Crippen LogP contribution in [-0.4, -0.2) is 38.2 Å². The molecule has 0 spiro atoms. The third-order valence-electron chi connectivity index (χ3n) is 5.18. The number of carboxylic acid groups (broad SMARTS) is 1. The molecular weight excluding hydrogens is 406 g/mol. The highest BCUT2D eigenvalue weighted by Gasteiger charge is 2.23. The summed E-state index contributed by atoms with van der Waals surface area (Å²) in [6, 6.07) is 12.9. The van der Waals surface area contributed by atoms with Crippen LogP contribution in [0.25, 0.3) is 21.8 Å². The summed E-state index contributed by atoms with van der Waals surface area (Å²) in [5.41, 5.74) is 2.35. The monoisotopic (exact) mass is 429 g/mol. The highest BCUT2D eigenvalue weighted by molar-refractivity contribution is 6.09. The molecule has 0 bridgehead atoms. The van der Waals surface area contributed by atoms with Gasteiger partial charge in [-0.15, -0.1) is 0 Å². The number of benzene rings is 2. The number of aromatic nitrogens is 3. The van der Waals surface area contributed by atoms with Gasteiger partial charge in [-0.05, 0) is 63.1 Å². The Balaban J connectivity index is 1.53. The minimum Gasteiger partial charge on any atom is -0.491 e. The second kappa shape index (κ2) is 7.96. The van der Waals surface area contributed by atoms with Crippen molar-refractivity contribution >= 4 is 45.2 Å². The Morgan fingerprint density at radius 1 is 1.09 bits per heavy atom. The molecule has 8 nitrogen and oxygen atoms in total. The van der Waals surface area contributed by atoms with E-state index in [-0.39, 0.29) is 11.7 Å². The minimum atomic E-state index is -0.980. The summed E-state index contributed by atoms with van der Waals surface area (Å²) in [5, 5.41) is 17.6. The Hall–Kier alpha value is -3.94. The summed E-state index contributed by atoms with van der Waals surface area (Å²) in [7, 11) is 0. The maximum Gasteiger partial charge on any atom is 0.335 e. The van der Waals surface area contributed by atoms with Gasteiger partial charge in [0.15, 0.2) is 5.82 Å². The number of rotatable bonds is 7. The fourth-order valence-electron chi connectivity index (χ4n) is 3.52. The molecule has 1 aliphatic rings. The number of hydrogen-bond acceptors (Lipinski definition) is 7. The molecule has 2 aromatic heterocycles. The van der Waals surface area contributed by atoms with Gasteiger partial charge in [-0.3, -0.25) is 0 Å². The van der Waals surface area contributed by atoms with E-state index in [0.717, 1.165) is 35.1 Å². The molecule has 3 N–H and O–H groups in total. The Bertz CT molecular complexity index is 1320. The van der Waals surface area contributed by atoms with E-state index in [1.807, 2.05) is 38.1 Å². The molecule has 2 aromatic carbocycles. The number of pyridine rings is 1. The van der Waals surface area contributed by atoms with E-state index in [0.29, 0.717) is 28.8 Å². The third kappa shape index (κ3) is 4.12. The molecule has 5 rings (SSSR count). The molecule has 0 amide bonds. The van der Waals surface area contributed by atoms with E-state index in [1.54, 1.807) is 24.4 Å². The number of ether oxygens (including phenoxy) is 1. The van der Waals surface area contributed by atoms with Crippen molar-refractivity contribution in [1.82, 2.24) is 15.0 Å². The number of aromatic carboxylic acids is 1. The summed E-state index contributed by atoms with van der Waals surface area (Å²) in [5.74, 6) is 0.921. The lowest BCUT2D eigenvalue weighted by Gasteiger charge is -2.13. The minimum absolute atomic E-state index is 0.115. The zero-order valence-corrected chi connectivity index (χ0v) is 17.8. The molecule has 8 heteroatoms. The van der Waals surface area contributed by atoms with E-state index in [2.05, 4.69) is 15.6 Å². The van der Waals surface area contributed by atoms with Crippen LogP contribution in [0.5, 0.6) is 5.75 Å². The van der Waals surface area contributed by atoms with E-state index < -0.39 is 5.97 Å². The highest BCUT2D eigenvalue weighted by atomic mass is 16.5. The summed E-state index contributed by atoms with van der Waals surface area (Å²) < 4.78 is 5.69. The molecule has 0 aliphatic heterocycles. The molecule has 1 saturated carbocycles. The maximum atomic E-state index is 11.4. The first-order valence-electron chi connectivity index (χ1n) is 10.6. The second-order valence-corrected chi connectivity index (χ2v) is 8.19. The van der Waals surface area contributed by atoms with Crippen LogP contribution in [-0.2, 0) is 0 Å². The van der Waals surface area contributed by atoms with Crippen molar-refractivity contribution in [3.05, 3.63) is 54.2 Å². The van der Waals surface area contributed by atoms with Crippen molar-refractivity contribution in [3.63, 3.8) is 0 Å². The van der Waals surface area contributed by atoms with Gasteiger partial charge in [0.05, 0.1) is 17.2 Å². The first-order chi connectivity index (χ1) is 15.5. The third-order valence-corrected chi connectivity index (χ3v) is 5.18. The van der Waals surface area contributed by atoms with Crippen molar-refractivity contribution in [1.29, 1.82) is 0 Å². The summed E-state index contributed by atoms with van der Waals surface area (Å²) in [6.45, 7) is 3.98. The Morgan fingerprint density at radius 3 is 2.56 bits per heavy atom. The van der Waals surface area contributed by atoms with Crippen molar-refractivity contribution in [2.75, 3.05) is 10.6 Å². The van der Waals surface area contributed by atoms with Crippen LogP contribution in [0.4, 0.5) is 17.5 Å². The van der Waals surface area contributed by atoms with Crippen LogP contribution in [0.3, 0.4) is 0 Å². The predicted molar refractivity (Wildman–Crippen MR) is 124 cm³/mol. The number of nitrogens with zero attached hydrogens (tertiary/aromatic N) is 3. The zero-order chi connectivity index (χ0) is 22.2. The lowest BCUT2D eigenvalue weighted by molar-refractivity contribution is 0.0697. The van der Waals surface area contributed by atoms with E-state index in [4.69, 9.17) is 14.7 Å². The van der Waals surface area contributed by atoms with Gasteiger partial charge in [-0.25, -0.2) is 19.7 Å². The van der Waals surface area contributed by atoms with Crippen molar-refractivity contribution in [2.45, 2.75) is 38.8 Å². The first-order valence-corrected chi connectivity index (χ1v) is 10.6. The SMILES string of the molecule is CC(C)Oc1ccc(Nc2ncc3c(n2)c(NC2CC2)nc2cc(C(=O)O)ccc23)cc1. The molecule has 0 atom stereocenters. The van der Waals surface area contributed by atoms with Gasteiger partial charge in [0.1, 0.15) is 11.3 Å². The van der Waals surface area contributed by atoms with Crippen LogP contribution in [0.15, 0.2) is 48.7 Å². The van der Waals surface area contributed by atoms with Crippen molar-refractivity contribution < 1.29 is 14.6 Å². The van der Waals surface area contributed by atoms with Gasteiger partial charge in [-0.1, -0.05) is 6.07 Å². The van der Waals surface area contributed by atoms with Crippen LogP contribution < -0.4 is 15.4 Å². The van der Waals surface area contributed by atoms with Gasteiger partial charge >= 0.3 is 5.97 Å². The summed E-state index contributed by atoms with van der Waals surface area (Å²) >= 11 is 0. The lowest BCUT2D eigenvalue weighted by Crippen LogP contribution is -2.07. The predicted octanol–water partition coefficient (Wildman–Crippen LogP) is 4.98. The number of carbonyl (C=O) groups is 1. The molecular formula is C24H23N5O3. The van der Waals surface area contributed by atoms with Gasteiger partial charge in [-0.2, -0.15) is 0 Å². The maximum absolute atomic E-state index is 11.4. The topological polar surface area (TPSA) is 109 Å². The Kier molecular flexibility index (Phi) is 4.97. The van der Waals surface area contributed by atoms with Crippen LogP contribution >= 0.6 is 0 Å². The van der Waals surface area contributed by atoms with Crippen molar-refractivity contribution in [2.24, 2.45) is 0 Å². The molecule has 2 heterocycles. The van der Waals surface area contributed by atoms with E-state index in [9.17, 15) is 9.90 Å². The fraction of sp³-hybridized carbons (Fsp3) is 0.250. The van der Waals surface area contributed by atoms with Crippen LogP contribution in [0.2, 0.25) is 0 Å². The standard InChI is InChI=1S/C24H23N5O3/c1-13(2)32-17-8-6-16(7-9-17)27-24-25-12-19-18-10-3-14(23(30)31)11-20(18)28-22(21(19)29-24)26-15-4-5-15/h3,6-13,15H,4-5H2,1-2H3,(H,26,28)(H,30,31)(H,25,27,29). The molecule has 0 saturated heterocycles. The number of hydrogen-bond donors (Lipinski definition) is 3. The second-order valence-electron chi connectivity index (χ2n) is 8.19. The number of nitrogens with one attached hydrogen (secondary N) is 2. The molecule has 1 fully saturated rings. The Labute approximate surface area is 184 Å². The van der Waals surface area contributed by atoms with Crippen LogP contribution in [0.1, 0.15) is 37.0 Å². The fourth-order valence-corrected chi connectivity index (χ4v) is 3.52. The average molecular weight is 429 g/mol. The van der Waals surface area contributed by atoms with Crippen molar-refractivity contribution in [3.8, 4) is 5.75 Å². The summed E-state index contributed by atoms with van der Waals surface area (Å²) in [4.78, 5) is 25.3. The molecule has 0 radical (unpaired) electrons.